The molecule has 2 heterocycles. The number of hydrogen-bond donors (Lipinski definition) is 1. The zero-order valence-corrected chi connectivity index (χ0v) is 12.0. The Morgan fingerprint density at radius 3 is 2.71 bits per heavy atom. The van der Waals surface area contributed by atoms with Gasteiger partial charge in [-0.25, -0.2) is 4.98 Å². The molecule has 3 atom stereocenters. The van der Waals surface area contributed by atoms with Gasteiger partial charge in [-0.2, -0.15) is 0 Å². The molecule has 1 aliphatic rings. The van der Waals surface area contributed by atoms with Crippen LogP contribution < -0.4 is 5.73 Å². The molecule has 0 saturated carbocycles. The van der Waals surface area contributed by atoms with Crippen molar-refractivity contribution in [2.24, 2.45) is 5.73 Å². The van der Waals surface area contributed by atoms with E-state index in [9.17, 15) is 0 Å². The number of thiazole rings is 1. The highest BCUT2D eigenvalue weighted by Gasteiger charge is 2.29. The summed E-state index contributed by atoms with van der Waals surface area (Å²) >= 11 is 1.83. The van der Waals surface area contributed by atoms with E-state index in [1.165, 1.54) is 15.6 Å². The van der Waals surface area contributed by atoms with E-state index in [4.69, 9.17) is 5.73 Å². The number of likely N-dealkylation sites (tertiary alicyclic amines) is 1. The molecular weight excluding hydrogens is 230 g/mol. The fourth-order valence-electron chi connectivity index (χ4n) is 2.89. The summed E-state index contributed by atoms with van der Waals surface area (Å²) < 4.78 is 0. The van der Waals surface area contributed by atoms with Crippen molar-refractivity contribution in [3.8, 4) is 0 Å². The largest absolute Gasteiger partial charge is 0.328 e. The summed E-state index contributed by atoms with van der Waals surface area (Å²) in [7, 11) is 0. The third-order valence-corrected chi connectivity index (χ3v) is 5.03. The highest BCUT2D eigenvalue weighted by molar-refractivity contribution is 7.11. The van der Waals surface area contributed by atoms with Gasteiger partial charge >= 0.3 is 0 Å². The van der Waals surface area contributed by atoms with Crippen molar-refractivity contribution in [3.05, 3.63) is 15.6 Å². The van der Waals surface area contributed by atoms with E-state index in [0.717, 1.165) is 19.4 Å². The second kappa shape index (κ2) is 5.04. The van der Waals surface area contributed by atoms with E-state index in [1.807, 2.05) is 11.3 Å². The SMILES string of the molecule is Cc1nc(C)c(C(C)N2CCC(N)CC2C)s1. The second-order valence-corrected chi connectivity index (χ2v) is 6.46. The summed E-state index contributed by atoms with van der Waals surface area (Å²) in [5, 5.41) is 1.17. The molecule has 96 valence electrons. The predicted octanol–water partition coefficient (Wildman–Crippen LogP) is 2.63. The second-order valence-electron chi connectivity index (χ2n) is 5.23. The fraction of sp³-hybridized carbons (Fsp3) is 0.769. The Kier molecular flexibility index (Phi) is 3.85. The first-order valence-corrected chi connectivity index (χ1v) is 7.26. The van der Waals surface area contributed by atoms with Gasteiger partial charge in [0.15, 0.2) is 0 Å². The average Bonchev–Trinajstić information content (AvgIpc) is 2.57. The van der Waals surface area contributed by atoms with Gasteiger partial charge in [0.25, 0.3) is 0 Å². The molecule has 0 spiro atoms. The smallest absolute Gasteiger partial charge is 0.0900 e. The molecule has 3 nitrogen and oxygen atoms in total. The number of aromatic nitrogens is 1. The van der Waals surface area contributed by atoms with Crippen LogP contribution >= 0.6 is 11.3 Å². The standard InChI is InChI=1S/C13H23N3S/c1-8-7-12(14)5-6-16(8)10(3)13-9(2)15-11(4)17-13/h8,10,12H,5-7,14H2,1-4H3. The monoisotopic (exact) mass is 253 g/mol. The van der Waals surface area contributed by atoms with Gasteiger partial charge < -0.3 is 5.73 Å². The third-order valence-electron chi connectivity index (χ3n) is 3.78. The number of rotatable bonds is 2. The first kappa shape index (κ1) is 13.0. The minimum Gasteiger partial charge on any atom is -0.328 e. The molecule has 1 saturated heterocycles. The van der Waals surface area contributed by atoms with E-state index in [0.29, 0.717) is 18.1 Å². The van der Waals surface area contributed by atoms with E-state index in [2.05, 4.69) is 37.6 Å². The summed E-state index contributed by atoms with van der Waals surface area (Å²) in [5.74, 6) is 0. The van der Waals surface area contributed by atoms with Gasteiger partial charge in [0.2, 0.25) is 0 Å². The van der Waals surface area contributed by atoms with E-state index in [-0.39, 0.29) is 0 Å². The molecule has 3 unspecified atom stereocenters. The number of nitrogens with zero attached hydrogens (tertiary/aromatic N) is 2. The lowest BCUT2D eigenvalue weighted by Gasteiger charge is -2.40. The molecule has 0 amide bonds. The Labute approximate surface area is 108 Å². The van der Waals surface area contributed by atoms with Gasteiger partial charge in [-0.1, -0.05) is 0 Å². The van der Waals surface area contributed by atoms with E-state index < -0.39 is 0 Å². The van der Waals surface area contributed by atoms with Crippen LogP contribution in [0.2, 0.25) is 0 Å². The summed E-state index contributed by atoms with van der Waals surface area (Å²) in [6.07, 6.45) is 2.23. The molecule has 1 aromatic heterocycles. The molecule has 2 rings (SSSR count). The van der Waals surface area contributed by atoms with Crippen molar-refractivity contribution >= 4 is 11.3 Å². The van der Waals surface area contributed by atoms with Crippen LogP contribution in [0.1, 0.15) is 48.3 Å². The molecule has 1 fully saturated rings. The number of aryl methyl sites for hydroxylation is 2. The Bertz CT molecular complexity index is 388. The molecule has 0 bridgehead atoms. The van der Waals surface area contributed by atoms with Crippen LogP contribution in [0, 0.1) is 13.8 Å². The summed E-state index contributed by atoms with van der Waals surface area (Å²) in [6, 6.07) is 1.44. The minimum absolute atomic E-state index is 0.387. The number of piperidine rings is 1. The highest BCUT2D eigenvalue weighted by Crippen LogP contribution is 2.32. The van der Waals surface area contributed by atoms with Gasteiger partial charge in [-0.15, -0.1) is 11.3 Å². The average molecular weight is 253 g/mol. The Morgan fingerprint density at radius 1 is 1.47 bits per heavy atom. The van der Waals surface area contributed by atoms with Gasteiger partial charge in [-0.05, 0) is 40.5 Å². The van der Waals surface area contributed by atoms with Crippen LogP contribution in [-0.4, -0.2) is 28.5 Å². The minimum atomic E-state index is 0.387. The Hall–Kier alpha value is -0.450. The van der Waals surface area contributed by atoms with Gasteiger partial charge in [0.1, 0.15) is 0 Å². The quantitative estimate of drug-likeness (QED) is 0.881. The lowest BCUT2D eigenvalue weighted by atomic mass is 9.97. The van der Waals surface area contributed by atoms with E-state index >= 15 is 0 Å². The van der Waals surface area contributed by atoms with Crippen molar-refractivity contribution in [1.29, 1.82) is 0 Å². The molecule has 1 aromatic rings. The maximum absolute atomic E-state index is 6.02. The normalized spacial score (nSPS) is 28.3. The van der Waals surface area contributed by atoms with Gasteiger partial charge in [-0.3, -0.25) is 4.90 Å². The summed E-state index contributed by atoms with van der Waals surface area (Å²) in [4.78, 5) is 8.53. The highest BCUT2D eigenvalue weighted by atomic mass is 32.1. The van der Waals surface area contributed by atoms with Crippen LogP contribution in [-0.2, 0) is 0 Å². The molecular formula is C13H23N3S. The van der Waals surface area contributed by atoms with Crippen molar-refractivity contribution < 1.29 is 0 Å². The first-order valence-electron chi connectivity index (χ1n) is 6.44. The molecule has 0 aromatic carbocycles. The van der Waals surface area contributed by atoms with Crippen molar-refractivity contribution in [1.82, 2.24) is 9.88 Å². The Balaban J connectivity index is 2.14. The van der Waals surface area contributed by atoms with Gasteiger partial charge in [0.05, 0.1) is 10.7 Å². The van der Waals surface area contributed by atoms with E-state index in [1.54, 1.807) is 0 Å². The van der Waals surface area contributed by atoms with Crippen LogP contribution in [0.25, 0.3) is 0 Å². The third kappa shape index (κ3) is 2.69. The first-order chi connectivity index (χ1) is 7.99. The lowest BCUT2D eigenvalue weighted by Crippen LogP contribution is -2.46. The van der Waals surface area contributed by atoms with Gasteiger partial charge in [0, 0.05) is 29.5 Å². The topological polar surface area (TPSA) is 42.2 Å². The van der Waals surface area contributed by atoms with Crippen LogP contribution in [0.5, 0.6) is 0 Å². The Morgan fingerprint density at radius 2 is 2.18 bits per heavy atom. The zero-order chi connectivity index (χ0) is 12.6. The number of nitrogens with two attached hydrogens (primary N) is 1. The van der Waals surface area contributed by atoms with Crippen molar-refractivity contribution in [2.45, 2.75) is 58.7 Å². The fourth-order valence-corrected chi connectivity index (χ4v) is 3.89. The zero-order valence-electron chi connectivity index (χ0n) is 11.2. The molecule has 17 heavy (non-hydrogen) atoms. The van der Waals surface area contributed by atoms with Crippen LogP contribution in [0.4, 0.5) is 0 Å². The molecule has 2 N–H and O–H groups in total. The molecule has 1 aliphatic heterocycles. The predicted molar refractivity (Wildman–Crippen MR) is 73.4 cm³/mol. The maximum Gasteiger partial charge on any atom is 0.0900 e. The van der Waals surface area contributed by atoms with Crippen molar-refractivity contribution in [3.63, 3.8) is 0 Å². The molecule has 0 aliphatic carbocycles. The van der Waals surface area contributed by atoms with Crippen LogP contribution in [0.3, 0.4) is 0 Å². The van der Waals surface area contributed by atoms with Crippen LogP contribution in [0.15, 0.2) is 0 Å². The summed E-state index contributed by atoms with van der Waals surface area (Å²) in [6.45, 7) is 9.91. The lowest BCUT2D eigenvalue weighted by molar-refractivity contribution is 0.106. The number of hydrogen-bond acceptors (Lipinski definition) is 4. The summed E-state index contributed by atoms with van der Waals surface area (Å²) in [5.41, 5.74) is 7.22. The molecule has 0 radical (unpaired) electrons. The van der Waals surface area contributed by atoms with Crippen molar-refractivity contribution in [2.75, 3.05) is 6.54 Å². The molecule has 4 heteroatoms. The maximum atomic E-state index is 6.02.